The van der Waals surface area contributed by atoms with Crippen LogP contribution < -0.4 is 15.8 Å². The molecule has 7 nitrogen and oxygen atoms in total. The summed E-state index contributed by atoms with van der Waals surface area (Å²) >= 11 is 1.61. The highest BCUT2D eigenvalue weighted by atomic mass is 32.1. The van der Waals surface area contributed by atoms with Gasteiger partial charge < -0.3 is 10.2 Å². The zero-order valence-electron chi connectivity index (χ0n) is 12.0. The predicted molar refractivity (Wildman–Crippen MR) is 84.0 cm³/mol. The lowest BCUT2D eigenvalue weighted by atomic mass is 10.2. The van der Waals surface area contributed by atoms with E-state index in [0.29, 0.717) is 6.54 Å². The molecule has 1 fully saturated rings. The van der Waals surface area contributed by atoms with E-state index in [1.54, 1.807) is 23.6 Å². The Labute approximate surface area is 131 Å². The highest BCUT2D eigenvalue weighted by Crippen LogP contribution is 2.26. The summed E-state index contributed by atoms with van der Waals surface area (Å²) in [6, 6.07) is 3.21. The number of nitrogens with zero attached hydrogens (tertiary/aromatic N) is 4. The average Bonchev–Trinajstić information content (AvgIpc) is 3.18. The van der Waals surface area contributed by atoms with Crippen LogP contribution in [0.25, 0.3) is 0 Å². The number of aromatic nitrogens is 3. The summed E-state index contributed by atoms with van der Waals surface area (Å²) in [4.78, 5) is 30.1. The van der Waals surface area contributed by atoms with Gasteiger partial charge in [0, 0.05) is 43.0 Å². The zero-order chi connectivity index (χ0) is 15.4. The topological polar surface area (TPSA) is 80.1 Å². The fourth-order valence-corrected chi connectivity index (χ4v) is 3.33. The van der Waals surface area contributed by atoms with E-state index < -0.39 is 0 Å². The number of nitrogens with one attached hydrogen (secondary N) is 1. The molecule has 1 amide bonds. The molecule has 22 heavy (non-hydrogen) atoms. The van der Waals surface area contributed by atoms with Crippen LogP contribution >= 0.6 is 11.3 Å². The van der Waals surface area contributed by atoms with Gasteiger partial charge in [-0.05, 0) is 18.9 Å². The second-order valence-corrected chi connectivity index (χ2v) is 6.00. The smallest absolute Gasteiger partial charge is 0.267 e. The molecule has 1 aliphatic heterocycles. The van der Waals surface area contributed by atoms with Crippen molar-refractivity contribution in [2.75, 3.05) is 18.0 Å². The molecule has 116 valence electrons. The number of carbonyl (C=O) groups is 1. The molecule has 1 saturated heterocycles. The van der Waals surface area contributed by atoms with Gasteiger partial charge in [-0.1, -0.05) is 0 Å². The predicted octanol–water partition coefficient (Wildman–Crippen LogP) is 0.485. The molecular weight excluding hydrogens is 302 g/mol. The lowest BCUT2D eigenvalue weighted by Crippen LogP contribution is -2.42. The fourth-order valence-electron chi connectivity index (χ4n) is 2.59. The first-order valence-electron chi connectivity index (χ1n) is 7.19. The summed E-state index contributed by atoms with van der Waals surface area (Å²) in [6.07, 6.45) is 5.42. The van der Waals surface area contributed by atoms with Crippen LogP contribution in [0.4, 0.5) is 5.13 Å². The highest BCUT2D eigenvalue weighted by molar-refractivity contribution is 7.13. The van der Waals surface area contributed by atoms with Gasteiger partial charge in [0.05, 0.1) is 0 Å². The van der Waals surface area contributed by atoms with Crippen LogP contribution in [0.1, 0.15) is 12.8 Å². The van der Waals surface area contributed by atoms with Crippen molar-refractivity contribution in [1.29, 1.82) is 0 Å². The second kappa shape index (κ2) is 6.69. The largest absolute Gasteiger partial charge is 0.352 e. The van der Waals surface area contributed by atoms with Gasteiger partial charge in [0.2, 0.25) is 5.91 Å². The standard InChI is InChI=1S/C14H17N5O2S/c20-12(10-19-13(21)4-1-5-17-19)16-9-11-3-2-7-18(11)14-15-6-8-22-14/h1,4-6,8,11H,2-3,7,9-10H2,(H,16,20). The van der Waals surface area contributed by atoms with Gasteiger partial charge in [-0.25, -0.2) is 9.67 Å². The molecule has 2 aromatic heterocycles. The number of hydrogen-bond donors (Lipinski definition) is 1. The maximum Gasteiger partial charge on any atom is 0.267 e. The summed E-state index contributed by atoms with van der Waals surface area (Å²) in [5.74, 6) is -0.202. The van der Waals surface area contributed by atoms with Crippen molar-refractivity contribution in [1.82, 2.24) is 20.1 Å². The Kier molecular flexibility index (Phi) is 4.47. The molecule has 3 rings (SSSR count). The molecule has 0 radical (unpaired) electrons. The SMILES string of the molecule is O=C(Cn1ncccc1=O)NCC1CCCN1c1nccs1. The molecule has 0 saturated carbocycles. The molecule has 3 heterocycles. The van der Waals surface area contributed by atoms with E-state index in [1.807, 2.05) is 5.38 Å². The minimum atomic E-state index is -0.275. The Morgan fingerprint density at radius 3 is 3.14 bits per heavy atom. The van der Waals surface area contributed by atoms with Gasteiger partial charge >= 0.3 is 0 Å². The minimum Gasteiger partial charge on any atom is -0.352 e. The van der Waals surface area contributed by atoms with E-state index in [-0.39, 0.29) is 24.1 Å². The Balaban J connectivity index is 1.55. The van der Waals surface area contributed by atoms with E-state index in [9.17, 15) is 9.59 Å². The molecule has 8 heteroatoms. The van der Waals surface area contributed by atoms with Crippen LogP contribution in [0.5, 0.6) is 0 Å². The number of amides is 1. The molecule has 0 spiro atoms. The van der Waals surface area contributed by atoms with Crippen molar-refractivity contribution in [3.8, 4) is 0 Å². The van der Waals surface area contributed by atoms with Gasteiger partial charge in [-0.3, -0.25) is 9.59 Å². The Bertz CT molecular complexity index is 685. The van der Waals surface area contributed by atoms with Crippen LogP contribution in [0, 0.1) is 0 Å². The summed E-state index contributed by atoms with van der Waals surface area (Å²) in [7, 11) is 0. The van der Waals surface area contributed by atoms with E-state index >= 15 is 0 Å². The normalized spacial score (nSPS) is 17.6. The molecule has 1 aliphatic rings. The van der Waals surface area contributed by atoms with Crippen molar-refractivity contribution in [3.05, 3.63) is 40.3 Å². The first-order chi connectivity index (χ1) is 10.7. The number of hydrogen-bond acceptors (Lipinski definition) is 6. The summed E-state index contributed by atoms with van der Waals surface area (Å²) in [6.45, 7) is 1.47. The zero-order valence-corrected chi connectivity index (χ0v) is 12.8. The molecule has 0 bridgehead atoms. The molecule has 2 aromatic rings. The van der Waals surface area contributed by atoms with Crippen molar-refractivity contribution >= 4 is 22.4 Å². The van der Waals surface area contributed by atoms with Crippen LogP contribution in [0.2, 0.25) is 0 Å². The van der Waals surface area contributed by atoms with Crippen molar-refractivity contribution in [2.24, 2.45) is 0 Å². The third-order valence-electron chi connectivity index (χ3n) is 3.66. The first kappa shape index (κ1) is 14.7. The Hall–Kier alpha value is -2.22. The quantitative estimate of drug-likeness (QED) is 0.867. The van der Waals surface area contributed by atoms with E-state index in [4.69, 9.17) is 0 Å². The van der Waals surface area contributed by atoms with Crippen LogP contribution in [-0.2, 0) is 11.3 Å². The van der Waals surface area contributed by atoms with Gasteiger partial charge in [-0.15, -0.1) is 11.3 Å². The molecular formula is C14H17N5O2S. The Morgan fingerprint density at radius 2 is 2.36 bits per heavy atom. The maximum atomic E-state index is 12.0. The highest BCUT2D eigenvalue weighted by Gasteiger charge is 2.26. The number of carbonyl (C=O) groups excluding carboxylic acids is 1. The monoisotopic (exact) mass is 319 g/mol. The molecule has 1 unspecified atom stereocenters. The van der Waals surface area contributed by atoms with Crippen LogP contribution in [0.15, 0.2) is 34.7 Å². The van der Waals surface area contributed by atoms with E-state index in [2.05, 4.69) is 20.3 Å². The lowest BCUT2D eigenvalue weighted by molar-refractivity contribution is -0.121. The Morgan fingerprint density at radius 1 is 1.45 bits per heavy atom. The van der Waals surface area contributed by atoms with E-state index in [1.165, 1.54) is 12.3 Å². The summed E-state index contributed by atoms with van der Waals surface area (Å²) in [5, 5.41) is 9.72. The number of anilines is 1. The van der Waals surface area contributed by atoms with Crippen molar-refractivity contribution < 1.29 is 4.79 Å². The van der Waals surface area contributed by atoms with Gasteiger partial charge in [0.25, 0.3) is 5.56 Å². The lowest BCUT2D eigenvalue weighted by Gasteiger charge is -2.24. The molecule has 1 atom stereocenters. The second-order valence-electron chi connectivity index (χ2n) is 5.13. The molecule has 0 aromatic carbocycles. The van der Waals surface area contributed by atoms with Crippen molar-refractivity contribution in [3.63, 3.8) is 0 Å². The molecule has 0 aliphatic carbocycles. The summed E-state index contributed by atoms with van der Waals surface area (Å²) < 4.78 is 1.16. The molecule has 1 N–H and O–H groups in total. The number of thiazole rings is 1. The maximum absolute atomic E-state index is 12.0. The first-order valence-corrected chi connectivity index (χ1v) is 8.07. The third kappa shape index (κ3) is 3.33. The van der Waals surface area contributed by atoms with Gasteiger partial charge in [0.15, 0.2) is 5.13 Å². The van der Waals surface area contributed by atoms with E-state index in [0.717, 1.165) is 29.2 Å². The van der Waals surface area contributed by atoms with Crippen LogP contribution in [0.3, 0.4) is 0 Å². The number of rotatable bonds is 5. The van der Waals surface area contributed by atoms with Gasteiger partial charge in [-0.2, -0.15) is 5.10 Å². The van der Waals surface area contributed by atoms with Crippen molar-refractivity contribution in [2.45, 2.75) is 25.4 Å². The third-order valence-corrected chi connectivity index (χ3v) is 4.46. The average molecular weight is 319 g/mol. The summed E-state index contributed by atoms with van der Waals surface area (Å²) in [5.41, 5.74) is -0.275. The fraction of sp³-hybridized carbons (Fsp3) is 0.429. The van der Waals surface area contributed by atoms with Crippen LogP contribution in [-0.4, -0.2) is 39.8 Å². The minimum absolute atomic E-state index is 0.0519. The van der Waals surface area contributed by atoms with Gasteiger partial charge in [0.1, 0.15) is 6.54 Å².